The number of benzene rings is 1. The van der Waals surface area contributed by atoms with E-state index in [-0.39, 0.29) is 43.5 Å². The number of halogens is 4. The monoisotopic (exact) mass is 702 g/mol. The molecule has 15 heteroatoms. The number of nitrogens with zero attached hydrogens (tertiary/aromatic N) is 3. The summed E-state index contributed by atoms with van der Waals surface area (Å²) < 4.78 is 75.6. The fraction of sp³-hybridized carbons (Fsp3) is 0.667. The van der Waals surface area contributed by atoms with Crippen molar-refractivity contribution in [1.82, 2.24) is 20.1 Å². The van der Waals surface area contributed by atoms with Gasteiger partial charge in [0.1, 0.15) is 18.1 Å². The molecule has 10 nitrogen and oxygen atoms in total. The summed E-state index contributed by atoms with van der Waals surface area (Å²) in [6.45, 7) is 5.95. The minimum Gasteiger partial charge on any atom is -0.377 e. The van der Waals surface area contributed by atoms with Crippen LogP contribution in [0.25, 0.3) is 0 Å². The lowest BCUT2D eigenvalue weighted by atomic mass is 9.89. The number of hydrogen-bond acceptors (Lipinski definition) is 9. The van der Waals surface area contributed by atoms with Crippen molar-refractivity contribution in [3.63, 3.8) is 0 Å². The zero-order valence-electron chi connectivity index (χ0n) is 27.9. The lowest BCUT2D eigenvalue weighted by molar-refractivity contribution is -0.145. The molecule has 48 heavy (non-hydrogen) atoms. The molecule has 2 amide bonds. The number of morpholine rings is 1. The highest BCUT2D eigenvalue weighted by atomic mass is 32.1. The van der Waals surface area contributed by atoms with E-state index in [0.717, 1.165) is 5.01 Å². The van der Waals surface area contributed by atoms with Crippen LogP contribution < -0.4 is 5.32 Å². The Morgan fingerprint density at radius 3 is 2.48 bits per heavy atom. The molecule has 2 fully saturated rings. The number of piperidine rings is 1. The van der Waals surface area contributed by atoms with Gasteiger partial charge in [-0.15, -0.1) is 11.3 Å². The Bertz CT molecular complexity index is 1350. The topological polar surface area (TPSA) is 102 Å². The van der Waals surface area contributed by atoms with E-state index in [1.807, 2.05) is 15.6 Å². The van der Waals surface area contributed by atoms with E-state index in [0.29, 0.717) is 69.0 Å². The molecule has 3 heterocycles. The number of likely N-dealkylation sites (tertiary alicyclic amines) is 1. The minimum atomic E-state index is -4.53. The molecule has 0 radical (unpaired) electrons. The van der Waals surface area contributed by atoms with Gasteiger partial charge < -0.3 is 29.2 Å². The summed E-state index contributed by atoms with van der Waals surface area (Å²) in [4.78, 5) is 33.9. The van der Waals surface area contributed by atoms with Gasteiger partial charge in [0.2, 0.25) is 5.91 Å². The largest absolute Gasteiger partial charge is 0.405 e. The van der Waals surface area contributed by atoms with Crippen LogP contribution >= 0.6 is 11.3 Å². The van der Waals surface area contributed by atoms with E-state index in [2.05, 4.69) is 23.7 Å². The number of ether oxygens (including phenoxy) is 4. The van der Waals surface area contributed by atoms with Crippen LogP contribution in [0.15, 0.2) is 23.6 Å². The molecular weight excluding hydrogens is 656 g/mol. The Morgan fingerprint density at radius 1 is 1.12 bits per heavy atom. The van der Waals surface area contributed by atoms with Gasteiger partial charge in [-0.1, -0.05) is 32.0 Å². The van der Waals surface area contributed by atoms with Gasteiger partial charge in [0.25, 0.3) is 5.91 Å². The van der Waals surface area contributed by atoms with E-state index in [4.69, 9.17) is 18.9 Å². The molecule has 1 spiro atoms. The van der Waals surface area contributed by atoms with Crippen molar-refractivity contribution >= 4 is 23.2 Å². The number of hydrogen-bond donors (Lipinski definition) is 1. The molecule has 1 aromatic heterocycles. The van der Waals surface area contributed by atoms with Crippen LogP contribution in [0.3, 0.4) is 0 Å². The second-order valence-electron chi connectivity index (χ2n) is 12.6. The quantitative estimate of drug-likeness (QED) is 0.206. The Labute approximate surface area is 283 Å². The van der Waals surface area contributed by atoms with Crippen LogP contribution in [-0.4, -0.2) is 111 Å². The maximum absolute atomic E-state index is 15.6. The summed E-state index contributed by atoms with van der Waals surface area (Å²) in [5, 5.41) is 4.62. The summed E-state index contributed by atoms with van der Waals surface area (Å²) in [5.41, 5.74) is 1.01. The molecule has 1 atom stereocenters. The molecule has 2 saturated heterocycles. The molecule has 0 saturated carbocycles. The third kappa shape index (κ3) is 10.9. The van der Waals surface area contributed by atoms with Crippen molar-refractivity contribution in [3.8, 4) is 0 Å². The first-order chi connectivity index (χ1) is 22.8. The predicted molar refractivity (Wildman–Crippen MR) is 171 cm³/mol. The first kappa shape index (κ1) is 38.1. The molecule has 0 bridgehead atoms. The number of rotatable bonds is 15. The predicted octanol–water partition coefficient (Wildman–Crippen LogP) is 4.92. The zero-order valence-corrected chi connectivity index (χ0v) is 28.8. The second-order valence-corrected chi connectivity index (χ2v) is 13.5. The first-order valence-electron chi connectivity index (χ1n) is 16.2. The van der Waals surface area contributed by atoms with E-state index < -0.39 is 36.6 Å². The minimum absolute atomic E-state index is 0.0379. The van der Waals surface area contributed by atoms with Gasteiger partial charge in [0.05, 0.1) is 42.9 Å². The van der Waals surface area contributed by atoms with Gasteiger partial charge in [-0.2, -0.15) is 13.2 Å². The standard InChI is InChI=1S/C33H46F4N4O6S/c1-22(2)30-39-26(19-48-30)31(43)41-13-15-47-32(21-41)9-11-40(12-10-32)18-24-7-5-6-23(29(24)34)8-14-46-25(17-28(44-3)45-4)16-27(42)38-20-33(35,36)37/h5-7,19,22,25,28H,8-18,20-21H2,1-4H3,(H,38,42). The first-order valence-corrected chi connectivity index (χ1v) is 17.1. The number of thiazole rings is 1. The van der Waals surface area contributed by atoms with Gasteiger partial charge in [-0.05, 0) is 24.8 Å². The van der Waals surface area contributed by atoms with Gasteiger partial charge in [-0.3, -0.25) is 14.5 Å². The van der Waals surface area contributed by atoms with Gasteiger partial charge >= 0.3 is 6.18 Å². The van der Waals surface area contributed by atoms with Crippen molar-refractivity contribution in [3.05, 3.63) is 51.2 Å². The highest BCUT2D eigenvalue weighted by molar-refractivity contribution is 7.09. The molecule has 1 N–H and O–H groups in total. The Hall–Kier alpha value is -2.69. The van der Waals surface area contributed by atoms with E-state index in [1.54, 1.807) is 18.2 Å². The molecule has 4 rings (SSSR count). The molecule has 268 valence electrons. The SMILES string of the molecule is COC(CC(CC(=O)NCC(F)(F)F)OCCc1cccc(CN2CCC3(CC2)CN(C(=O)c2csc(C(C)C)n2)CCO3)c1F)OC. The zero-order chi connectivity index (χ0) is 34.9. The van der Waals surface area contributed by atoms with Gasteiger partial charge in [-0.25, -0.2) is 9.37 Å². The fourth-order valence-electron chi connectivity index (χ4n) is 5.97. The maximum Gasteiger partial charge on any atom is 0.405 e. The normalized spacial score (nSPS) is 17.8. The molecule has 2 aromatic rings. The molecular formula is C33H46F4N4O6S. The molecule has 1 unspecified atom stereocenters. The summed E-state index contributed by atoms with van der Waals surface area (Å²) in [6, 6.07) is 5.19. The maximum atomic E-state index is 15.6. The second kappa shape index (κ2) is 17.3. The molecule has 2 aliphatic rings. The smallest absolute Gasteiger partial charge is 0.377 e. The Morgan fingerprint density at radius 2 is 1.83 bits per heavy atom. The molecule has 1 aromatic carbocycles. The highest BCUT2D eigenvalue weighted by Crippen LogP contribution is 2.32. The summed E-state index contributed by atoms with van der Waals surface area (Å²) in [7, 11) is 2.81. The summed E-state index contributed by atoms with van der Waals surface area (Å²) >= 11 is 1.50. The van der Waals surface area contributed by atoms with E-state index in [1.165, 1.54) is 25.6 Å². The number of amides is 2. The van der Waals surface area contributed by atoms with Crippen molar-refractivity contribution in [2.24, 2.45) is 0 Å². The number of nitrogens with one attached hydrogen (secondary N) is 1. The van der Waals surface area contributed by atoms with Crippen LogP contribution in [0.5, 0.6) is 0 Å². The third-order valence-corrected chi connectivity index (χ3v) is 9.84. The highest BCUT2D eigenvalue weighted by Gasteiger charge is 2.41. The third-order valence-electron chi connectivity index (χ3n) is 8.70. The summed E-state index contributed by atoms with van der Waals surface area (Å²) in [5.74, 6) is -0.973. The van der Waals surface area contributed by atoms with Crippen molar-refractivity contribution in [2.75, 3.05) is 60.2 Å². The van der Waals surface area contributed by atoms with Crippen LogP contribution in [0, 0.1) is 5.82 Å². The number of methoxy groups -OCH3 is 2. The summed E-state index contributed by atoms with van der Waals surface area (Å²) in [6.07, 6.45) is -4.68. The number of alkyl halides is 3. The fourth-order valence-corrected chi connectivity index (χ4v) is 6.78. The van der Waals surface area contributed by atoms with Crippen LogP contribution in [0.4, 0.5) is 17.6 Å². The number of carbonyl (C=O) groups excluding carboxylic acids is 2. The van der Waals surface area contributed by atoms with E-state index in [9.17, 15) is 22.8 Å². The van der Waals surface area contributed by atoms with Gasteiger partial charge in [0.15, 0.2) is 6.29 Å². The molecule has 0 aliphatic carbocycles. The van der Waals surface area contributed by atoms with Crippen LogP contribution in [0.2, 0.25) is 0 Å². The van der Waals surface area contributed by atoms with Gasteiger partial charge in [0, 0.05) is 63.7 Å². The lowest BCUT2D eigenvalue weighted by Gasteiger charge is -2.47. The Balaban J connectivity index is 1.29. The number of aromatic nitrogens is 1. The Kier molecular flexibility index (Phi) is 13.7. The average Bonchev–Trinajstić information content (AvgIpc) is 3.56. The van der Waals surface area contributed by atoms with Crippen LogP contribution in [-0.2, 0) is 36.7 Å². The molecule has 2 aliphatic heterocycles. The van der Waals surface area contributed by atoms with E-state index >= 15 is 4.39 Å². The number of carbonyl (C=O) groups is 2. The van der Waals surface area contributed by atoms with Crippen LogP contribution in [0.1, 0.15) is 72.1 Å². The average molecular weight is 703 g/mol. The van der Waals surface area contributed by atoms with Crippen molar-refractivity contribution in [2.45, 2.75) is 82.6 Å². The van der Waals surface area contributed by atoms with Crippen molar-refractivity contribution in [1.29, 1.82) is 0 Å². The lowest BCUT2D eigenvalue weighted by Crippen LogP contribution is -2.58. The van der Waals surface area contributed by atoms with Crippen molar-refractivity contribution < 1.29 is 46.1 Å².